The van der Waals surface area contributed by atoms with Crippen molar-refractivity contribution < 1.29 is 34.0 Å². The summed E-state index contributed by atoms with van der Waals surface area (Å²) in [5.41, 5.74) is 0.600. The lowest BCUT2D eigenvalue weighted by Gasteiger charge is -2.44. The number of fused-ring (bicyclic) bond motifs is 1. The third-order valence-corrected chi connectivity index (χ3v) is 8.05. The second kappa shape index (κ2) is 11.4. The first-order chi connectivity index (χ1) is 16.7. The van der Waals surface area contributed by atoms with Crippen molar-refractivity contribution in [2.45, 2.75) is 66.8 Å². The number of aliphatic hydroxyl groups is 3. The van der Waals surface area contributed by atoms with E-state index in [9.17, 15) is 24.5 Å². The fourth-order valence-electron chi connectivity index (χ4n) is 5.03. The van der Waals surface area contributed by atoms with Crippen molar-refractivity contribution in [3.05, 3.63) is 41.7 Å². The molecule has 0 aromatic heterocycles. The quantitative estimate of drug-likeness (QED) is 0.344. The van der Waals surface area contributed by atoms with Crippen molar-refractivity contribution in [3.63, 3.8) is 0 Å². The predicted molar refractivity (Wildman–Crippen MR) is 131 cm³/mol. The van der Waals surface area contributed by atoms with Crippen LogP contribution in [0.5, 0.6) is 0 Å². The topological polar surface area (TPSA) is 120 Å². The average molecular weight is 531 g/mol. The molecule has 10 atom stereocenters. The number of benzene rings is 1. The maximum absolute atomic E-state index is 14.3. The van der Waals surface area contributed by atoms with Crippen molar-refractivity contribution in [1.82, 2.24) is 10.6 Å². The van der Waals surface area contributed by atoms with Crippen LogP contribution in [0.15, 0.2) is 30.3 Å². The molecule has 1 amide bonds. The summed E-state index contributed by atoms with van der Waals surface area (Å²) in [7, 11) is 0. The second-order valence-electron chi connectivity index (χ2n) is 9.20. The van der Waals surface area contributed by atoms with Crippen LogP contribution < -0.4 is 10.6 Å². The summed E-state index contributed by atoms with van der Waals surface area (Å²) in [5.74, 6) is -0.808. The SMILES string of the molecule is CSC1OC(C(NC(=O)C2NCC3C=C(c4ccccc4F)CCOC32)C(C)Cl)C(O)C(O)C1O. The molecule has 2 saturated heterocycles. The molecule has 0 spiro atoms. The molecule has 2 fully saturated rings. The Bertz CT molecular complexity index is 937. The summed E-state index contributed by atoms with van der Waals surface area (Å²) in [6.07, 6.45) is -1.43. The van der Waals surface area contributed by atoms with Crippen LogP contribution in [0.3, 0.4) is 0 Å². The van der Waals surface area contributed by atoms with Gasteiger partial charge >= 0.3 is 0 Å². The molecule has 5 N–H and O–H groups in total. The molecule has 194 valence electrons. The van der Waals surface area contributed by atoms with Gasteiger partial charge in [-0.05, 0) is 31.2 Å². The Balaban J connectivity index is 1.49. The molecule has 0 saturated carbocycles. The fourth-order valence-corrected chi connectivity index (χ4v) is 5.91. The van der Waals surface area contributed by atoms with E-state index in [1.807, 2.05) is 6.08 Å². The number of rotatable bonds is 6. The van der Waals surface area contributed by atoms with Gasteiger partial charge in [0.15, 0.2) is 0 Å². The largest absolute Gasteiger partial charge is 0.388 e. The molecule has 3 aliphatic heterocycles. The van der Waals surface area contributed by atoms with Crippen LogP contribution >= 0.6 is 23.4 Å². The number of aliphatic hydroxyl groups excluding tert-OH is 3. The van der Waals surface area contributed by atoms with Gasteiger partial charge in [-0.25, -0.2) is 4.39 Å². The number of nitrogens with one attached hydrogen (secondary N) is 2. The molecule has 3 heterocycles. The summed E-state index contributed by atoms with van der Waals surface area (Å²) in [4.78, 5) is 13.3. The van der Waals surface area contributed by atoms with E-state index < -0.39 is 53.4 Å². The van der Waals surface area contributed by atoms with Gasteiger partial charge in [0, 0.05) is 18.0 Å². The van der Waals surface area contributed by atoms with Crippen LogP contribution in [-0.4, -0.2) is 94.1 Å². The molecular formula is C24H32ClFN2O6S. The number of hydrogen-bond donors (Lipinski definition) is 5. The Morgan fingerprint density at radius 2 is 2.00 bits per heavy atom. The first-order valence-electron chi connectivity index (χ1n) is 11.7. The number of amides is 1. The van der Waals surface area contributed by atoms with E-state index in [-0.39, 0.29) is 17.6 Å². The first kappa shape index (κ1) is 26.8. The van der Waals surface area contributed by atoms with Crippen LogP contribution in [0.1, 0.15) is 18.9 Å². The molecule has 0 radical (unpaired) electrons. The molecule has 0 aliphatic carbocycles. The van der Waals surface area contributed by atoms with Crippen LogP contribution in [0.25, 0.3) is 5.57 Å². The minimum atomic E-state index is -1.44. The fraction of sp³-hybridized carbons (Fsp3) is 0.625. The van der Waals surface area contributed by atoms with E-state index in [0.717, 1.165) is 5.57 Å². The Morgan fingerprint density at radius 1 is 1.26 bits per heavy atom. The summed E-state index contributed by atoms with van der Waals surface area (Å²) in [6, 6.07) is 5.07. The Labute approximate surface area is 213 Å². The van der Waals surface area contributed by atoms with Gasteiger partial charge in [-0.1, -0.05) is 24.3 Å². The summed E-state index contributed by atoms with van der Waals surface area (Å²) >= 11 is 7.57. The summed E-state index contributed by atoms with van der Waals surface area (Å²) in [5, 5.41) is 36.4. The van der Waals surface area contributed by atoms with Gasteiger partial charge < -0.3 is 35.4 Å². The maximum Gasteiger partial charge on any atom is 0.240 e. The predicted octanol–water partition coefficient (Wildman–Crippen LogP) is 0.869. The van der Waals surface area contributed by atoms with E-state index in [1.165, 1.54) is 17.8 Å². The maximum atomic E-state index is 14.3. The van der Waals surface area contributed by atoms with Crippen molar-refractivity contribution in [1.29, 1.82) is 0 Å². The molecular weight excluding hydrogens is 499 g/mol. The van der Waals surface area contributed by atoms with E-state index in [2.05, 4.69) is 10.6 Å². The highest BCUT2D eigenvalue weighted by Gasteiger charge is 2.49. The lowest BCUT2D eigenvalue weighted by atomic mass is 9.92. The minimum Gasteiger partial charge on any atom is -0.388 e. The zero-order valence-corrected chi connectivity index (χ0v) is 21.1. The monoisotopic (exact) mass is 530 g/mol. The van der Waals surface area contributed by atoms with Crippen LogP contribution in [0, 0.1) is 11.7 Å². The normalized spacial score (nSPS) is 37.1. The molecule has 10 unspecified atom stereocenters. The number of halogens is 2. The number of carbonyl (C=O) groups is 1. The van der Waals surface area contributed by atoms with E-state index in [0.29, 0.717) is 25.1 Å². The first-order valence-corrected chi connectivity index (χ1v) is 13.4. The molecule has 1 aromatic rings. The van der Waals surface area contributed by atoms with Gasteiger partial charge in [-0.15, -0.1) is 23.4 Å². The highest BCUT2D eigenvalue weighted by molar-refractivity contribution is 7.99. The lowest BCUT2D eigenvalue weighted by molar-refractivity contribution is -0.205. The number of hydrogen-bond acceptors (Lipinski definition) is 8. The zero-order valence-electron chi connectivity index (χ0n) is 19.5. The third kappa shape index (κ3) is 5.55. The molecule has 8 nitrogen and oxygen atoms in total. The molecule has 4 rings (SSSR count). The van der Waals surface area contributed by atoms with E-state index >= 15 is 0 Å². The lowest BCUT2D eigenvalue weighted by Crippen LogP contribution is -2.65. The molecule has 0 bridgehead atoms. The average Bonchev–Trinajstić information content (AvgIpc) is 3.12. The van der Waals surface area contributed by atoms with Gasteiger partial charge in [0.1, 0.15) is 41.7 Å². The van der Waals surface area contributed by atoms with Crippen molar-refractivity contribution in [2.75, 3.05) is 19.4 Å². The van der Waals surface area contributed by atoms with Gasteiger partial charge in [0.25, 0.3) is 0 Å². The minimum absolute atomic E-state index is 0.135. The molecule has 11 heteroatoms. The standard InChI is InChI=1S/C24H32ClFN2O6S/c1-11(25)16(22-19(30)18(29)20(31)24(34-22)35-2)28-23(32)17-21-13(10-27-17)9-12(7-8-33-21)14-5-3-4-6-15(14)26/h3-6,9,11,13,16-22,24,27,29-31H,7-8,10H2,1-2H3,(H,28,32). The van der Waals surface area contributed by atoms with Crippen molar-refractivity contribution in [3.8, 4) is 0 Å². The number of thioether (sulfide) groups is 1. The van der Waals surface area contributed by atoms with Crippen LogP contribution in [0.4, 0.5) is 4.39 Å². The summed E-state index contributed by atoms with van der Waals surface area (Å²) in [6.45, 7) is 2.47. The van der Waals surface area contributed by atoms with Gasteiger partial charge in [0.2, 0.25) is 5.91 Å². The second-order valence-corrected chi connectivity index (χ2v) is 10.8. The van der Waals surface area contributed by atoms with Gasteiger partial charge in [0.05, 0.1) is 24.1 Å². The highest BCUT2D eigenvalue weighted by atomic mass is 35.5. The molecule has 35 heavy (non-hydrogen) atoms. The summed E-state index contributed by atoms with van der Waals surface area (Å²) < 4.78 is 26.2. The van der Waals surface area contributed by atoms with Gasteiger partial charge in [-0.3, -0.25) is 4.79 Å². The smallest absolute Gasteiger partial charge is 0.240 e. The van der Waals surface area contributed by atoms with E-state index in [4.69, 9.17) is 21.1 Å². The number of carbonyl (C=O) groups excluding carboxylic acids is 1. The van der Waals surface area contributed by atoms with Crippen LogP contribution in [-0.2, 0) is 14.3 Å². The Kier molecular flexibility index (Phi) is 8.76. The zero-order chi connectivity index (χ0) is 25.3. The Hall–Kier alpha value is -1.24. The number of ether oxygens (including phenoxy) is 2. The molecule has 3 aliphatic rings. The third-order valence-electron chi connectivity index (χ3n) is 6.92. The van der Waals surface area contributed by atoms with Crippen molar-refractivity contribution >= 4 is 34.8 Å². The Morgan fingerprint density at radius 3 is 2.69 bits per heavy atom. The van der Waals surface area contributed by atoms with Crippen LogP contribution in [0.2, 0.25) is 0 Å². The highest BCUT2D eigenvalue weighted by Crippen LogP contribution is 2.33. The van der Waals surface area contributed by atoms with Crippen molar-refractivity contribution in [2.24, 2.45) is 5.92 Å². The van der Waals surface area contributed by atoms with E-state index in [1.54, 1.807) is 31.4 Å². The molecule has 1 aromatic carbocycles. The van der Waals surface area contributed by atoms with Gasteiger partial charge in [-0.2, -0.15) is 0 Å². The number of alkyl halides is 1.